The predicted octanol–water partition coefficient (Wildman–Crippen LogP) is -31.8. The molecule has 25 heavy (non-hydrogen) atoms. The fourth-order valence-electron chi connectivity index (χ4n) is 0. The van der Waals surface area contributed by atoms with Gasteiger partial charge < -0.3 is 21.9 Å². The molecular formula is H12I4O20Ru. The van der Waals surface area contributed by atoms with Gasteiger partial charge in [0.15, 0.2) is 0 Å². The van der Waals surface area contributed by atoms with Crippen LogP contribution in [-0.4, -0.2) is 35.6 Å². The van der Waals surface area contributed by atoms with E-state index < -0.39 is 80.4 Å². The maximum atomic E-state index is 8.73. The second-order valence-electron chi connectivity index (χ2n) is 1.58. The summed E-state index contributed by atoms with van der Waals surface area (Å²) < 4.78 is 133. The predicted molar refractivity (Wildman–Crippen MR) is 23.3 cm³/mol. The van der Waals surface area contributed by atoms with E-state index in [4.69, 9.17) is 55.0 Å². The van der Waals surface area contributed by atoms with Gasteiger partial charge in [0.1, 0.15) is 0 Å². The maximum Gasteiger partial charge on any atom is 0.368 e. The summed E-state index contributed by atoms with van der Waals surface area (Å²) in [6.45, 7) is 0. The van der Waals surface area contributed by atoms with Crippen LogP contribution < -0.4 is 122 Å². The zero-order valence-corrected chi connectivity index (χ0v) is 20.9. The van der Waals surface area contributed by atoms with Gasteiger partial charge in [-0.1, -0.05) is 0 Å². The van der Waals surface area contributed by atoms with Crippen molar-refractivity contribution < 1.29 is 177 Å². The van der Waals surface area contributed by atoms with E-state index in [-0.39, 0.29) is 41.4 Å². The first-order chi connectivity index (χ1) is 8.00. The Morgan fingerprint density at radius 3 is 0.320 bits per heavy atom. The van der Waals surface area contributed by atoms with Crippen molar-refractivity contribution >= 4 is 0 Å². The molecule has 0 aromatic heterocycles. The van der Waals surface area contributed by atoms with Gasteiger partial charge in [0, 0.05) is 33.2 Å². The van der Waals surface area contributed by atoms with E-state index in [0.717, 1.165) is 0 Å². The molecule has 0 aromatic rings. The van der Waals surface area contributed by atoms with Crippen molar-refractivity contribution in [1.29, 1.82) is 0 Å². The first-order valence-corrected chi connectivity index (χ1v) is 17.0. The fourth-order valence-corrected chi connectivity index (χ4v) is 0. The maximum absolute atomic E-state index is 8.73. The molecule has 0 heterocycles. The third-order valence-corrected chi connectivity index (χ3v) is 0. The molecule has 25 heteroatoms. The molecule has 0 rings (SSSR count). The minimum absolute atomic E-state index is 0. The molecular weight excluding hydrogens is 929 g/mol. The van der Waals surface area contributed by atoms with Crippen LogP contribution in [0.15, 0.2) is 0 Å². The van der Waals surface area contributed by atoms with Crippen molar-refractivity contribution in [1.82, 2.24) is 0 Å². The van der Waals surface area contributed by atoms with Crippen molar-refractivity contribution in [2.75, 3.05) is 0 Å². The Hall–Kier alpha value is 2.74. The summed E-state index contributed by atoms with van der Waals surface area (Å²) in [5.74, 6) is 0. The third-order valence-electron chi connectivity index (χ3n) is 0. The first-order valence-electron chi connectivity index (χ1n) is 2.53. The van der Waals surface area contributed by atoms with Crippen LogP contribution in [0.4, 0.5) is 0 Å². The topological polar surface area (TPSA) is 484 Å². The minimum atomic E-state index is -5.69. The van der Waals surface area contributed by atoms with E-state index in [1.165, 1.54) is 0 Å². The van der Waals surface area contributed by atoms with E-state index >= 15 is 0 Å². The Balaban J connectivity index is -0.0000000183. The summed E-state index contributed by atoms with van der Waals surface area (Å²) >= 11 is -22.8. The average molecular weight is 941 g/mol. The van der Waals surface area contributed by atoms with Crippen molar-refractivity contribution in [3.63, 3.8) is 0 Å². The largest absolute Gasteiger partial charge is 0.412 e. The Kier molecular flexibility index (Phi) is 56.0. The third kappa shape index (κ3) is 2180. The van der Waals surface area contributed by atoms with Crippen LogP contribution in [0, 0.1) is 0 Å². The molecule has 0 aromatic carbocycles. The molecule has 0 bridgehead atoms. The van der Waals surface area contributed by atoms with Gasteiger partial charge in [-0.15, -0.1) is 0 Å². The minimum Gasteiger partial charge on any atom is -0.412 e. The second kappa shape index (κ2) is 24.8. The Morgan fingerprint density at radius 2 is 0.320 bits per heavy atom. The van der Waals surface area contributed by atoms with Crippen LogP contribution in [0.1, 0.15) is 0 Å². The van der Waals surface area contributed by atoms with E-state index in [1.807, 2.05) is 0 Å². The van der Waals surface area contributed by atoms with E-state index in [9.17, 15) is 0 Å². The molecule has 0 radical (unpaired) electrons. The average Bonchev–Trinajstić information content (AvgIpc) is 1.62. The molecule has 168 valence electrons. The first kappa shape index (κ1) is 56.5. The van der Waals surface area contributed by atoms with Gasteiger partial charge in [-0.3, -0.25) is 41.2 Å². The summed E-state index contributed by atoms with van der Waals surface area (Å²) in [7, 11) is 0. The standard InChI is InChI=1S/4HIO4.4H2O.Ru/c4*2-1(3,4)5;;;;;/h4*2H;4*1H2;. The van der Waals surface area contributed by atoms with Gasteiger partial charge in [-0.05, 0) is 0 Å². The summed E-state index contributed by atoms with van der Waals surface area (Å²) in [4.78, 5) is 0. The number of rotatable bonds is 0. The molecule has 20 nitrogen and oxygen atoms in total. The van der Waals surface area contributed by atoms with E-state index in [1.54, 1.807) is 0 Å². The summed E-state index contributed by atoms with van der Waals surface area (Å²) in [6, 6.07) is 0. The van der Waals surface area contributed by atoms with Crippen molar-refractivity contribution in [2.45, 2.75) is 0 Å². The van der Waals surface area contributed by atoms with Gasteiger partial charge in [-0.2, -0.15) is 0 Å². The monoisotopic (exact) mass is 942 g/mol. The van der Waals surface area contributed by atoms with Gasteiger partial charge in [0.2, 0.25) is 0 Å². The zero-order chi connectivity index (χ0) is 18.0. The van der Waals surface area contributed by atoms with Gasteiger partial charge in [-0.25, -0.2) is 0 Å². The van der Waals surface area contributed by atoms with Gasteiger partial charge in [0.25, 0.3) is 0 Å². The van der Waals surface area contributed by atoms with Crippen molar-refractivity contribution in [2.24, 2.45) is 0 Å². The summed E-state index contributed by atoms with van der Waals surface area (Å²) in [6.07, 6.45) is 0. The molecule has 0 saturated carbocycles. The molecule has 0 aliphatic rings. The molecule has 0 aliphatic carbocycles. The normalized spacial score (nSPS) is 9.60. The van der Waals surface area contributed by atoms with Gasteiger partial charge >= 0.3 is 80.4 Å². The fraction of sp³-hybridized carbons (Fsp3) is 0. The molecule has 0 amide bonds. The van der Waals surface area contributed by atoms with Crippen LogP contribution in [-0.2, 0) is 19.5 Å². The van der Waals surface area contributed by atoms with Crippen molar-refractivity contribution in [3.8, 4) is 0 Å². The molecule has 0 spiro atoms. The quantitative estimate of drug-likeness (QED) is 0.129. The zero-order valence-electron chi connectivity index (χ0n) is 10.6. The van der Waals surface area contributed by atoms with E-state index in [2.05, 4.69) is 0 Å². The van der Waals surface area contributed by atoms with Gasteiger partial charge in [0.05, 0.1) is 0 Å². The number of halogens is 4. The Bertz CT molecular complexity index is 132. The molecule has 0 aliphatic heterocycles. The van der Waals surface area contributed by atoms with Crippen LogP contribution in [0.3, 0.4) is 0 Å². The van der Waals surface area contributed by atoms with Crippen LogP contribution in [0.2, 0.25) is 0 Å². The molecule has 0 atom stereocenters. The Morgan fingerprint density at radius 1 is 0.320 bits per heavy atom. The second-order valence-corrected chi connectivity index (χ2v) is 10.6. The molecule has 12 N–H and O–H groups in total. The number of hydrogen-bond acceptors (Lipinski definition) is 16. The van der Waals surface area contributed by atoms with E-state index in [0.29, 0.717) is 0 Å². The summed E-state index contributed by atoms with van der Waals surface area (Å²) in [5, 5.41) is 0. The molecule has 0 unspecified atom stereocenters. The summed E-state index contributed by atoms with van der Waals surface area (Å²) in [5.41, 5.74) is 0. The smallest absolute Gasteiger partial charge is 0.368 e. The molecule has 0 fully saturated rings. The number of hydrogen-bond donors (Lipinski definition) is 4. The Labute approximate surface area is 174 Å². The SMILES string of the molecule is O.O.O.O.[O-][I+3]([O-])([O-])O.[O-][I+3]([O-])([O-])O.[O-][I+3]([O-])([O-])O.[O-][I+3]([O-])([O-])O.[Ru]. The van der Waals surface area contributed by atoms with Crippen LogP contribution in [0.25, 0.3) is 0 Å². The van der Waals surface area contributed by atoms with Crippen LogP contribution in [0.5, 0.6) is 0 Å². The molecule has 0 saturated heterocycles. The van der Waals surface area contributed by atoms with Crippen LogP contribution >= 0.6 is 0 Å². The van der Waals surface area contributed by atoms with Crippen molar-refractivity contribution in [3.05, 3.63) is 0 Å².